The zero-order valence-electron chi connectivity index (χ0n) is 10.9. The molecular weight excluding hydrogens is 242 g/mol. The maximum absolute atomic E-state index is 11.0. The number of nitrogens with zero attached hydrogens (tertiary/aromatic N) is 3. The van der Waals surface area contributed by atoms with Crippen LogP contribution in [0.15, 0.2) is 10.1 Å². The van der Waals surface area contributed by atoms with Crippen LogP contribution < -0.4 is 10.0 Å². The normalized spacial score (nSPS) is 13.5. The summed E-state index contributed by atoms with van der Waals surface area (Å²) in [5.41, 5.74) is 0.826. The predicted octanol–water partition coefficient (Wildman–Crippen LogP) is -0.215. The van der Waals surface area contributed by atoms with E-state index in [4.69, 9.17) is 0 Å². The van der Waals surface area contributed by atoms with E-state index in [9.17, 15) is 8.42 Å². The molecule has 0 rings (SSSR count). The van der Waals surface area contributed by atoms with Gasteiger partial charge in [0.25, 0.3) is 0 Å². The lowest BCUT2D eigenvalue weighted by Gasteiger charge is -2.23. The summed E-state index contributed by atoms with van der Waals surface area (Å²) in [4.78, 5) is 4.14. The topological polar surface area (TPSA) is 86.2 Å². The number of rotatable bonds is 7. The molecule has 2 N–H and O–H groups in total. The Morgan fingerprint density at radius 1 is 1.47 bits per heavy atom. The first kappa shape index (κ1) is 15.9. The van der Waals surface area contributed by atoms with Crippen molar-refractivity contribution in [1.82, 2.24) is 15.0 Å². The molecule has 0 aliphatic rings. The third-order valence-electron chi connectivity index (χ3n) is 1.67. The molecule has 1 unspecified atom stereocenters. The highest BCUT2D eigenvalue weighted by molar-refractivity contribution is 7.88. The van der Waals surface area contributed by atoms with Gasteiger partial charge in [0.1, 0.15) is 12.8 Å². The molecule has 7 nitrogen and oxygen atoms in total. The van der Waals surface area contributed by atoms with Crippen LogP contribution in [-0.4, -0.2) is 51.6 Å². The van der Waals surface area contributed by atoms with E-state index < -0.39 is 10.0 Å². The molecule has 8 heteroatoms. The van der Waals surface area contributed by atoms with Crippen LogP contribution in [0.5, 0.6) is 0 Å². The van der Waals surface area contributed by atoms with Gasteiger partial charge in [0.2, 0.25) is 10.0 Å². The van der Waals surface area contributed by atoms with E-state index in [1.807, 2.05) is 20.8 Å². The Balaban J connectivity index is 4.65. The van der Waals surface area contributed by atoms with Crippen molar-refractivity contribution in [2.45, 2.75) is 26.9 Å². The van der Waals surface area contributed by atoms with Crippen molar-refractivity contribution in [3.05, 3.63) is 0 Å². The summed E-state index contributed by atoms with van der Waals surface area (Å²) in [5.74, 6) is 0. The Morgan fingerprint density at radius 2 is 2.06 bits per heavy atom. The van der Waals surface area contributed by atoms with Crippen molar-refractivity contribution in [2.75, 3.05) is 20.0 Å². The molecule has 0 aromatic heterocycles. The molecule has 0 spiro atoms. The third-order valence-corrected chi connectivity index (χ3v) is 2.32. The molecule has 0 heterocycles. The minimum Gasteiger partial charge on any atom is -0.379 e. The average Bonchev–Trinajstić information content (AvgIpc) is 2.18. The van der Waals surface area contributed by atoms with Crippen molar-refractivity contribution in [1.29, 1.82) is 0 Å². The van der Waals surface area contributed by atoms with Gasteiger partial charge in [-0.3, -0.25) is 5.01 Å². The number of nitrogens with one attached hydrogen (secondary N) is 2. The molecular formula is C9H21N5O2S. The van der Waals surface area contributed by atoms with Gasteiger partial charge in [0.05, 0.1) is 12.6 Å². The smallest absolute Gasteiger partial charge is 0.210 e. The lowest BCUT2D eigenvalue weighted by Crippen LogP contribution is -2.39. The van der Waals surface area contributed by atoms with Crippen LogP contribution in [0.25, 0.3) is 0 Å². The molecule has 0 fully saturated rings. The summed E-state index contributed by atoms with van der Waals surface area (Å²) >= 11 is 0. The summed E-state index contributed by atoms with van der Waals surface area (Å²) in [5, 5.41) is 8.55. The second kappa shape index (κ2) is 7.23. The molecule has 0 amide bonds. The fraction of sp³-hybridized carbons (Fsp3) is 0.778. The maximum atomic E-state index is 11.0. The summed E-state index contributed by atoms with van der Waals surface area (Å²) in [6, 6.07) is 0. The quantitative estimate of drug-likeness (QED) is 0.288. The van der Waals surface area contributed by atoms with Gasteiger partial charge in [0.15, 0.2) is 0 Å². The standard InChI is InChI=1S/C9H21N5O2S/c1-8(2)13-14(7-12-17(5,15)16)9(3)11-6-10-4/h6,9,12H,7H2,1-5H3,(H,10,11). The molecule has 0 aromatic carbocycles. The van der Waals surface area contributed by atoms with Gasteiger partial charge in [-0.15, -0.1) is 0 Å². The first-order chi connectivity index (χ1) is 7.76. The SMILES string of the molecule is CN/C=N\C(C)N(CNS(C)(=O)=O)N=C(C)C. The number of hydrogen-bond donors (Lipinski definition) is 2. The molecule has 0 radical (unpaired) electrons. The largest absolute Gasteiger partial charge is 0.379 e. The molecule has 100 valence electrons. The highest BCUT2D eigenvalue weighted by Crippen LogP contribution is 2.00. The second-order valence-electron chi connectivity index (χ2n) is 3.76. The molecule has 0 saturated heterocycles. The van der Waals surface area contributed by atoms with E-state index in [1.54, 1.807) is 18.4 Å². The van der Waals surface area contributed by atoms with Crippen LogP contribution in [0.4, 0.5) is 0 Å². The van der Waals surface area contributed by atoms with E-state index in [0.717, 1.165) is 12.0 Å². The van der Waals surface area contributed by atoms with Gasteiger partial charge < -0.3 is 5.32 Å². The lowest BCUT2D eigenvalue weighted by atomic mass is 10.5. The second-order valence-corrected chi connectivity index (χ2v) is 5.59. The summed E-state index contributed by atoms with van der Waals surface area (Å²) < 4.78 is 24.4. The molecule has 0 aliphatic heterocycles. The minimum absolute atomic E-state index is 0.0895. The third kappa shape index (κ3) is 8.64. The average molecular weight is 263 g/mol. The van der Waals surface area contributed by atoms with Crippen LogP contribution in [0.3, 0.4) is 0 Å². The van der Waals surface area contributed by atoms with E-state index in [0.29, 0.717) is 0 Å². The Hall–Kier alpha value is -1.15. The minimum atomic E-state index is -3.24. The number of sulfonamides is 1. The maximum Gasteiger partial charge on any atom is 0.210 e. The Kier molecular flexibility index (Phi) is 6.74. The van der Waals surface area contributed by atoms with Crippen LogP contribution in [0, 0.1) is 0 Å². The number of hydrazone groups is 1. The zero-order chi connectivity index (χ0) is 13.5. The van der Waals surface area contributed by atoms with Gasteiger partial charge in [0, 0.05) is 12.8 Å². The van der Waals surface area contributed by atoms with Crippen molar-refractivity contribution < 1.29 is 8.42 Å². The Morgan fingerprint density at radius 3 is 2.47 bits per heavy atom. The highest BCUT2D eigenvalue weighted by Gasteiger charge is 2.11. The lowest BCUT2D eigenvalue weighted by molar-refractivity contribution is 0.222. The van der Waals surface area contributed by atoms with Crippen molar-refractivity contribution in [3.8, 4) is 0 Å². The molecule has 0 bridgehead atoms. The number of hydrogen-bond acceptors (Lipinski definition) is 5. The first-order valence-corrected chi connectivity index (χ1v) is 7.07. The van der Waals surface area contributed by atoms with Crippen molar-refractivity contribution >= 4 is 22.1 Å². The highest BCUT2D eigenvalue weighted by atomic mass is 32.2. The zero-order valence-corrected chi connectivity index (χ0v) is 11.7. The van der Waals surface area contributed by atoms with Crippen LogP contribution >= 0.6 is 0 Å². The fourth-order valence-electron chi connectivity index (χ4n) is 0.951. The summed E-state index contributed by atoms with van der Waals surface area (Å²) in [6.07, 6.45) is 2.39. The first-order valence-electron chi connectivity index (χ1n) is 5.18. The molecule has 0 aromatic rings. The van der Waals surface area contributed by atoms with Gasteiger partial charge in [-0.25, -0.2) is 13.4 Å². The van der Waals surface area contributed by atoms with Gasteiger partial charge >= 0.3 is 0 Å². The summed E-state index contributed by atoms with van der Waals surface area (Å²) in [7, 11) is -1.50. The number of aliphatic imine (C=N–C) groups is 1. The monoisotopic (exact) mass is 263 g/mol. The van der Waals surface area contributed by atoms with E-state index in [2.05, 4.69) is 20.1 Å². The molecule has 0 saturated carbocycles. The van der Waals surface area contributed by atoms with Crippen LogP contribution in [-0.2, 0) is 10.0 Å². The fourth-order valence-corrected chi connectivity index (χ4v) is 1.32. The van der Waals surface area contributed by atoms with Gasteiger partial charge in [-0.05, 0) is 20.8 Å². The predicted molar refractivity (Wildman–Crippen MR) is 70.5 cm³/mol. The van der Waals surface area contributed by atoms with Crippen molar-refractivity contribution in [3.63, 3.8) is 0 Å². The van der Waals surface area contributed by atoms with E-state index in [1.165, 1.54) is 0 Å². The molecule has 1 atom stereocenters. The van der Waals surface area contributed by atoms with Crippen LogP contribution in [0.2, 0.25) is 0 Å². The van der Waals surface area contributed by atoms with Crippen LogP contribution in [0.1, 0.15) is 20.8 Å². The Bertz CT molecular complexity index is 373. The van der Waals surface area contributed by atoms with Gasteiger partial charge in [-0.1, -0.05) is 0 Å². The molecule has 17 heavy (non-hydrogen) atoms. The Labute approximate surface area is 103 Å². The van der Waals surface area contributed by atoms with Crippen molar-refractivity contribution in [2.24, 2.45) is 10.1 Å². The molecule has 0 aliphatic carbocycles. The van der Waals surface area contributed by atoms with E-state index in [-0.39, 0.29) is 12.8 Å². The van der Waals surface area contributed by atoms with E-state index >= 15 is 0 Å². The van der Waals surface area contributed by atoms with Gasteiger partial charge in [-0.2, -0.15) is 9.82 Å². The summed E-state index contributed by atoms with van der Waals surface area (Å²) in [6.45, 7) is 5.58.